The maximum atomic E-state index is 13.9. The van der Waals surface area contributed by atoms with Crippen molar-refractivity contribution in [3.8, 4) is 17.2 Å². The summed E-state index contributed by atoms with van der Waals surface area (Å²) in [5, 5.41) is 12.2. The number of esters is 1. The van der Waals surface area contributed by atoms with Crippen LogP contribution in [-0.2, 0) is 14.3 Å². The van der Waals surface area contributed by atoms with Crippen LogP contribution in [0.25, 0.3) is 0 Å². The molecule has 0 spiro atoms. The predicted molar refractivity (Wildman–Crippen MR) is 141 cm³/mol. The van der Waals surface area contributed by atoms with Gasteiger partial charge in [0.2, 0.25) is 6.79 Å². The van der Waals surface area contributed by atoms with Crippen molar-refractivity contribution in [3.05, 3.63) is 68.9 Å². The lowest BCUT2D eigenvalue weighted by molar-refractivity contribution is -0.385. The van der Waals surface area contributed by atoms with Gasteiger partial charge in [0.15, 0.2) is 17.3 Å². The third-order valence-corrected chi connectivity index (χ3v) is 7.68. The first-order valence-electron chi connectivity index (χ1n) is 13.0. The maximum Gasteiger partial charge on any atom is 0.315 e. The molecule has 0 saturated carbocycles. The van der Waals surface area contributed by atoms with E-state index < -0.39 is 22.7 Å². The molecule has 2 heterocycles. The number of hydrogen-bond acceptors (Lipinski definition) is 9. The van der Waals surface area contributed by atoms with Gasteiger partial charge in [-0.15, -0.1) is 0 Å². The average molecular weight is 535 g/mol. The molecule has 2 aromatic carbocycles. The van der Waals surface area contributed by atoms with Gasteiger partial charge in [-0.3, -0.25) is 24.7 Å². The third-order valence-electron chi connectivity index (χ3n) is 7.68. The standard InChI is InChI=1S/C29H30N2O8/c1-5-15(2)39-29(33)26-16(3)30-21-10-18(17-6-8-19(36-4)9-7-17)11-23(32)28(21)27(26)20-12-24-25(38-14-37-24)13-22(20)31(34)35/h6-9,12-13,15,18,26-27H,5,10-11,14H2,1-4H3/t15-,18+,26?,27-/m0/s1. The maximum absolute atomic E-state index is 13.9. The topological polar surface area (TPSA) is 127 Å². The summed E-state index contributed by atoms with van der Waals surface area (Å²) in [4.78, 5) is 43.8. The highest BCUT2D eigenvalue weighted by molar-refractivity contribution is 6.09. The normalized spacial score (nSPS) is 22.6. The van der Waals surface area contributed by atoms with E-state index in [0.717, 1.165) is 5.56 Å². The van der Waals surface area contributed by atoms with Gasteiger partial charge >= 0.3 is 5.97 Å². The summed E-state index contributed by atoms with van der Waals surface area (Å²) in [5.41, 5.74) is 2.22. The number of methoxy groups -OCH3 is 1. The first-order chi connectivity index (χ1) is 18.7. The van der Waals surface area contributed by atoms with Crippen molar-refractivity contribution < 1.29 is 33.5 Å². The van der Waals surface area contributed by atoms with Crippen LogP contribution in [0.1, 0.15) is 63.0 Å². The number of nitro groups is 1. The number of allylic oxidation sites excluding steroid dienone is 2. The lowest BCUT2D eigenvalue weighted by Gasteiger charge is -2.36. The second kappa shape index (κ2) is 10.5. The molecule has 0 amide bonds. The van der Waals surface area contributed by atoms with Crippen LogP contribution in [0.2, 0.25) is 0 Å². The molecule has 0 radical (unpaired) electrons. The second-order valence-corrected chi connectivity index (χ2v) is 10.0. The van der Waals surface area contributed by atoms with Gasteiger partial charge in [-0.2, -0.15) is 0 Å². The number of ether oxygens (including phenoxy) is 4. The summed E-state index contributed by atoms with van der Waals surface area (Å²) in [7, 11) is 1.59. The third kappa shape index (κ3) is 4.86. The zero-order chi connectivity index (χ0) is 27.8. The van der Waals surface area contributed by atoms with Crippen LogP contribution in [0.4, 0.5) is 5.69 Å². The molecule has 3 aliphatic rings. The van der Waals surface area contributed by atoms with Crippen molar-refractivity contribution in [3.63, 3.8) is 0 Å². The van der Waals surface area contributed by atoms with Gasteiger partial charge in [0.1, 0.15) is 11.7 Å². The van der Waals surface area contributed by atoms with Crippen molar-refractivity contribution in [2.75, 3.05) is 13.9 Å². The Kier molecular flexibility index (Phi) is 7.12. The quantitative estimate of drug-likeness (QED) is 0.268. The van der Waals surface area contributed by atoms with E-state index in [2.05, 4.69) is 0 Å². The van der Waals surface area contributed by atoms with Crippen LogP contribution < -0.4 is 14.2 Å². The Labute approximate surface area is 225 Å². The van der Waals surface area contributed by atoms with E-state index in [9.17, 15) is 19.7 Å². The Hall–Kier alpha value is -4.21. The highest BCUT2D eigenvalue weighted by Gasteiger charge is 2.47. The molecule has 5 rings (SSSR count). The van der Waals surface area contributed by atoms with Crippen molar-refractivity contribution in [2.45, 2.75) is 58.0 Å². The molecule has 10 heteroatoms. The molecule has 1 unspecified atom stereocenters. The van der Waals surface area contributed by atoms with Crippen molar-refractivity contribution in [1.29, 1.82) is 0 Å². The number of carbonyl (C=O) groups excluding carboxylic acids is 2. The Balaban J connectivity index is 1.64. The molecule has 4 atom stereocenters. The van der Waals surface area contributed by atoms with Crippen LogP contribution in [0.3, 0.4) is 0 Å². The van der Waals surface area contributed by atoms with Gasteiger partial charge in [-0.25, -0.2) is 0 Å². The molecule has 10 nitrogen and oxygen atoms in total. The Morgan fingerprint density at radius 3 is 2.51 bits per heavy atom. The number of rotatable bonds is 7. The van der Waals surface area contributed by atoms with Gasteiger partial charge in [-0.1, -0.05) is 19.1 Å². The number of aliphatic imine (C=N–C) groups is 1. The smallest absolute Gasteiger partial charge is 0.315 e. The van der Waals surface area contributed by atoms with Crippen molar-refractivity contribution in [2.24, 2.45) is 10.9 Å². The number of benzene rings is 2. The Morgan fingerprint density at radius 2 is 1.87 bits per heavy atom. The highest BCUT2D eigenvalue weighted by atomic mass is 16.7. The van der Waals surface area contributed by atoms with E-state index >= 15 is 0 Å². The summed E-state index contributed by atoms with van der Waals surface area (Å²) < 4.78 is 21.8. The van der Waals surface area contributed by atoms with Gasteiger partial charge in [0, 0.05) is 34.9 Å². The zero-order valence-electron chi connectivity index (χ0n) is 22.3. The minimum Gasteiger partial charge on any atom is -0.497 e. The zero-order valence-corrected chi connectivity index (χ0v) is 22.3. The monoisotopic (exact) mass is 534 g/mol. The molecular formula is C29H30N2O8. The first kappa shape index (κ1) is 26.4. The van der Waals surface area contributed by atoms with Crippen molar-refractivity contribution >= 4 is 23.2 Å². The van der Waals surface area contributed by atoms with E-state index in [4.69, 9.17) is 23.9 Å². The largest absolute Gasteiger partial charge is 0.497 e. The molecule has 39 heavy (non-hydrogen) atoms. The molecule has 0 fully saturated rings. The molecule has 0 saturated heterocycles. The molecule has 2 aliphatic heterocycles. The average Bonchev–Trinajstić information content (AvgIpc) is 3.39. The Bertz CT molecular complexity index is 1390. The van der Waals surface area contributed by atoms with E-state index in [1.54, 1.807) is 21.0 Å². The fraction of sp³-hybridized carbons (Fsp3) is 0.414. The van der Waals surface area contributed by atoms with E-state index in [0.29, 0.717) is 41.3 Å². The second-order valence-electron chi connectivity index (χ2n) is 10.0. The molecule has 2 aromatic rings. The molecule has 204 valence electrons. The first-order valence-corrected chi connectivity index (χ1v) is 13.0. The van der Waals surface area contributed by atoms with Crippen LogP contribution in [0.5, 0.6) is 17.2 Å². The van der Waals surface area contributed by atoms with Crippen LogP contribution in [-0.4, -0.2) is 42.4 Å². The van der Waals surface area contributed by atoms with Crippen LogP contribution in [0.15, 0.2) is 52.7 Å². The summed E-state index contributed by atoms with van der Waals surface area (Å²) in [6, 6.07) is 10.4. The molecule has 0 aromatic heterocycles. The lowest BCUT2D eigenvalue weighted by atomic mass is 9.69. The minimum absolute atomic E-state index is 0.0724. The number of carbonyl (C=O) groups is 2. The number of ketones is 1. The van der Waals surface area contributed by atoms with Gasteiger partial charge < -0.3 is 18.9 Å². The molecule has 1 aliphatic carbocycles. The number of nitrogens with zero attached hydrogens (tertiary/aromatic N) is 2. The van der Waals surface area contributed by atoms with Gasteiger partial charge in [0.25, 0.3) is 5.69 Å². The highest BCUT2D eigenvalue weighted by Crippen LogP contribution is 2.51. The molecule has 0 N–H and O–H groups in total. The van der Waals surface area contributed by atoms with Crippen molar-refractivity contribution in [1.82, 2.24) is 0 Å². The lowest BCUT2D eigenvalue weighted by Crippen LogP contribution is -2.39. The minimum atomic E-state index is -1.00. The number of nitro benzene ring substituents is 1. The van der Waals surface area contributed by atoms with Gasteiger partial charge in [0.05, 0.1) is 24.2 Å². The summed E-state index contributed by atoms with van der Waals surface area (Å²) in [6.45, 7) is 5.31. The SMILES string of the molecule is CC[C@H](C)OC(=O)C1C(C)=NC2=C(C(=O)C[C@H](c3ccc(OC)cc3)C2)[C@H]1c1cc2c(cc1[N+](=O)[O-])OCO2. The molecule has 0 bridgehead atoms. The fourth-order valence-corrected chi connectivity index (χ4v) is 5.52. The number of Topliss-reactive ketones (excluding diaryl/α,β-unsaturated/α-hetero) is 1. The summed E-state index contributed by atoms with van der Waals surface area (Å²) >= 11 is 0. The van der Waals surface area contributed by atoms with E-state index in [-0.39, 0.29) is 48.0 Å². The summed E-state index contributed by atoms with van der Waals surface area (Å²) in [6.07, 6.45) is 0.864. The molecular weight excluding hydrogens is 504 g/mol. The summed E-state index contributed by atoms with van der Waals surface area (Å²) in [5.74, 6) is -1.57. The fourth-order valence-electron chi connectivity index (χ4n) is 5.52. The van der Waals surface area contributed by atoms with Gasteiger partial charge in [-0.05, 0) is 56.4 Å². The van der Waals surface area contributed by atoms with Crippen LogP contribution in [0, 0.1) is 16.0 Å². The predicted octanol–water partition coefficient (Wildman–Crippen LogP) is 5.25. The van der Waals surface area contributed by atoms with E-state index in [1.807, 2.05) is 31.2 Å². The number of fused-ring (bicyclic) bond motifs is 1. The van der Waals surface area contributed by atoms with E-state index in [1.165, 1.54) is 12.1 Å². The van der Waals surface area contributed by atoms with Crippen LogP contribution >= 0.6 is 0 Å². The number of hydrogen-bond donors (Lipinski definition) is 0. The Morgan fingerprint density at radius 1 is 1.18 bits per heavy atom.